The van der Waals surface area contributed by atoms with Gasteiger partial charge in [-0.2, -0.15) is 0 Å². The summed E-state index contributed by atoms with van der Waals surface area (Å²) in [5, 5.41) is 0. The molecule has 0 saturated carbocycles. The lowest BCUT2D eigenvalue weighted by molar-refractivity contribution is 0.0728. The summed E-state index contributed by atoms with van der Waals surface area (Å²) in [5.74, 6) is 0.794. The zero-order valence-electron chi connectivity index (χ0n) is 8.70. The molecule has 0 aliphatic carbocycles. The first-order chi connectivity index (χ1) is 7.18. The molecule has 1 aliphatic rings. The zero-order chi connectivity index (χ0) is 10.8. The van der Waals surface area contributed by atoms with Crippen molar-refractivity contribution >= 4 is 21.8 Å². The van der Waals surface area contributed by atoms with Crippen molar-refractivity contribution in [3.63, 3.8) is 0 Å². The summed E-state index contributed by atoms with van der Waals surface area (Å²) in [4.78, 5) is 14.4. The fraction of sp³-hybridized carbons (Fsp3) is 0.545. The standard InChI is InChI=1S/C11H14BrNO2/c1-8-10(4-6-15-8)11(14)13-5-2-3-9(12)7-13/h4,6,9H,2-3,5,7H2,1H3. The summed E-state index contributed by atoms with van der Waals surface area (Å²) < 4.78 is 5.14. The Morgan fingerprint density at radius 3 is 3.07 bits per heavy atom. The molecule has 0 radical (unpaired) electrons. The van der Waals surface area contributed by atoms with Crippen LogP contribution in [0.2, 0.25) is 0 Å². The normalized spacial score (nSPS) is 21.7. The number of carbonyl (C=O) groups excluding carboxylic acids is 1. The van der Waals surface area contributed by atoms with E-state index in [1.165, 1.54) is 0 Å². The van der Waals surface area contributed by atoms with Gasteiger partial charge >= 0.3 is 0 Å². The molecule has 1 aliphatic heterocycles. The van der Waals surface area contributed by atoms with Gasteiger partial charge in [-0.05, 0) is 25.8 Å². The van der Waals surface area contributed by atoms with E-state index in [9.17, 15) is 4.79 Å². The SMILES string of the molecule is Cc1occc1C(=O)N1CCCC(Br)C1. The van der Waals surface area contributed by atoms with Crippen molar-refractivity contribution in [3.05, 3.63) is 23.7 Å². The van der Waals surface area contributed by atoms with Crippen LogP contribution in [-0.2, 0) is 0 Å². The van der Waals surface area contributed by atoms with Crippen molar-refractivity contribution in [3.8, 4) is 0 Å². The van der Waals surface area contributed by atoms with Crippen LogP contribution in [0.4, 0.5) is 0 Å². The Kier molecular flexibility index (Phi) is 3.14. The summed E-state index contributed by atoms with van der Waals surface area (Å²) in [7, 11) is 0. The molecule has 1 aromatic rings. The van der Waals surface area contributed by atoms with E-state index < -0.39 is 0 Å². The van der Waals surface area contributed by atoms with Crippen LogP contribution in [0.3, 0.4) is 0 Å². The number of likely N-dealkylation sites (tertiary alicyclic amines) is 1. The number of carbonyl (C=O) groups is 1. The second-order valence-electron chi connectivity index (χ2n) is 3.88. The molecule has 0 aromatic carbocycles. The fourth-order valence-corrected chi connectivity index (χ4v) is 2.56. The third kappa shape index (κ3) is 2.25. The molecule has 0 N–H and O–H groups in total. The third-order valence-electron chi connectivity index (χ3n) is 2.74. The van der Waals surface area contributed by atoms with Crippen LogP contribution in [0.1, 0.15) is 29.0 Å². The maximum absolute atomic E-state index is 12.1. The Bertz CT molecular complexity index is 361. The first-order valence-corrected chi connectivity index (χ1v) is 6.07. The molecular formula is C11H14BrNO2. The largest absolute Gasteiger partial charge is 0.469 e. The minimum atomic E-state index is 0.0883. The Labute approximate surface area is 97.6 Å². The van der Waals surface area contributed by atoms with Crippen molar-refractivity contribution in [2.75, 3.05) is 13.1 Å². The number of alkyl halides is 1. The molecule has 3 nitrogen and oxygen atoms in total. The van der Waals surface area contributed by atoms with E-state index in [1.807, 2.05) is 11.8 Å². The molecule has 1 atom stereocenters. The van der Waals surface area contributed by atoms with E-state index in [4.69, 9.17) is 4.42 Å². The molecule has 4 heteroatoms. The molecule has 82 valence electrons. The number of hydrogen-bond acceptors (Lipinski definition) is 2. The summed E-state index contributed by atoms with van der Waals surface area (Å²) in [6, 6.07) is 1.75. The molecule has 1 fully saturated rings. The first kappa shape index (κ1) is 10.7. The van der Waals surface area contributed by atoms with E-state index in [1.54, 1.807) is 12.3 Å². The molecule has 1 amide bonds. The van der Waals surface area contributed by atoms with Gasteiger partial charge in [-0.25, -0.2) is 0 Å². The number of aryl methyl sites for hydroxylation is 1. The van der Waals surface area contributed by atoms with Crippen molar-refractivity contribution in [2.45, 2.75) is 24.6 Å². The highest BCUT2D eigenvalue weighted by Crippen LogP contribution is 2.20. The topological polar surface area (TPSA) is 33.5 Å². The van der Waals surface area contributed by atoms with E-state index >= 15 is 0 Å². The van der Waals surface area contributed by atoms with Gasteiger partial charge in [-0.15, -0.1) is 0 Å². The Hall–Kier alpha value is -0.770. The van der Waals surface area contributed by atoms with Gasteiger partial charge in [0.2, 0.25) is 0 Å². The van der Waals surface area contributed by atoms with Crippen LogP contribution in [0.5, 0.6) is 0 Å². The van der Waals surface area contributed by atoms with Crippen LogP contribution in [0.25, 0.3) is 0 Å². The molecule has 15 heavy (non-hydrogen) atoms. The van der Waals surface area contributed by atoms with Gasteiger partial charge in [-0.3, -0.25) is 4.79 Å². The Morgan fingerprint density at radius 1 is 1.67 bits per heavy atom. The molecule has 0 bridgehead atoms. The minimum absolute atomic E-state index is 0.0883. The van der Waals surface area contributed by atoms with E-state index in [0.29, 0.717) is 16.2 Å². The summed E-state index contributed by atoms with van der Waals surface area (Å²) >= 11 is 3.56. The molecule has 1 saturated heterocycles. The van der Waals surface area contributed by atoms with Crippen molar-refractivity contribution in [1.29, 1.82) is 0 Å². The predicted octanol–water partition coefficient (Wildman–Crippen LogP) is 2.59. The quantitative estimate of drug-likeness (QED) is 0.736. The number of furan rings is 1. The monoisotopic (exact) mass is 271 g/mol. The Morgan fingerprint density at radius 2 is 2.47 bits per heavy atom. The van der Waals surface area contributed by atoms with E-state index in [0.717, 1.165) is 25.9 Å². The first-order valence-electron chi connectivity index (χ1n) is 5.16. The summed E-state index contributed by atoms with van der Waals surface area (Å²) in [5.41, 5.74) is 0.691. The lowest BCUT2D eigenvalue weighted by Crippen LogP contribution is -2.40. The average molecular weight is 272 g/mol. The van der Waals surface area contributed by atoms with Crippen LogP contribution in [0, 0.1) is 6.92 Å². The lowest BCUT2D eigenvalue weighted by atomic mass is 10.1. The molecule has 2 heterocycles. The number of hydrogen-bond donors (Lipinski definition) is 0. The highest BCUT2D eigenvalue weighted by molar-refractivity contribution is 9.09. The second kappa shape index (κ2) is 4.39. The highest BCUT2D eigenvalue weighted by Gasteiger charge is 2.24. The second-order valence-corrected chi connectivity index (χ2v) is 5.18. The smallest absolute Gasteiger partial charge is 0.257 e. The van der Waals surface area contributed by atoms with Crippen LogP contribution in [0.15, 0.2) is 16.7 Å². The fourth-order valence-electron chi connectivity index (χ4n) is 1.89. The van der Waals surface area contributed by atoms with Crippen LogP contribution >= 0.6 is 15.9 Å². The molecule has 2 rings (SSSR count). The van der Waals surface area contributed by atoms with Gasteiger partial charge < -0.3 is 9.32 Å². The molecule has 0 spiro atoms. The maximum Gasteiger partial charge on any atom is 0.257 e. The summed E-state index contributed by atoms with van der Waals surface area (Å²) in [6.07, 6.45) is 3.78. The number of amides is 1. The van der Waals surface area contributed by atoms with Crippen molar-refractivity contribution in [2.24, 2.45) is 0 Å². The maximum atomic E-state index is 12.1. The highest BCUT2D eigenvalue weighted by atomic mass is 79.9. The molecular weight excluding hydrogens is 258 g/mol. The van der Waals surface area contributed by atoms with E-state index in [-0.39, 0.29) is 5.91 Å². The van der Waals surface area contributed by atoms with E-state index in [2.05, 4.69) is 15.9 Å². The third-order valence-corrected chi connectivity index (χ3v) is 3.49. The molecule has 1 unspecified atom stereocenters. The van der Waals surface area contributed by atoms with Crippen molar-refractivity contribution in [1.82, 2.24) is 4.90 Å². The number of nitrogens with zero attached hydrogens (tertiary/aromatic N) is 1. The van der Waals surface area contributed by atoms with Crippen LogP contribution in [-0.4, -0.2) is 28.7 Å². The lowest BCUT2D eigenvalue weighted by Gasteiger charge is -2.29. The van der Waals surface area contributed by atoms with Gasteiger partial charge in [0, 0.05) is 17.9 Å². The zero-order valence-corrected chi connectivity index (χ0v) is 10.3. The minimum Gasteiger partial charge on any atom is -0.469 e. The summed E-state index contributed by atoms with van der Waals surface area (Å²) in [6.45, 7) is 3.47. The number of rotatable bonds is 1. The van der Waals surface area contributed by atoms with Gasteiger partial charge in [-0.1, -0.05) is 15.9 Å². The molecule has 1 aromatic heterocycles. The Balaban J connectivity index is 2.11. The van der Waals surface area contributed by atoms with Gasteiger partial charge in [0.05, 0.1) is 11.8 Å². The van der Waals surface area contributed by atoms with Gasteiger partial charge in [0.25, 0.3) is 5.91 Å². The number of piperidine rings is 1. The van der Waals surface area contributed by atoms with Gasteiger partial charge in [0.1, 0.15) is 5.76 Å². The predicted molar refractivity (Wildman–Crippen MR) is 61.3 cm³/mol. The van der Waals surface area contributed by atoms with Crippen LogP contribution < -0.4 is 0 Å². The number of halogens is 1. The average Bonchev–Trinajstić information content (AvgIpc) is 2.63. The van der Waals surface area contributed by atoms with Gasteiger partial charge in [0.15, 0.2) is 0 Å². The van der Waals surface area contributed by atoms with Crippen molar-refractivity contribution < 1.29 is 9.21 Å².